The Balaban J connectivity index is 1.99. The molecule has 2 N–H and O–H groups in total. The molecule has 1 fully saturated rings. The molecular formula is C14H19NO3. The van der Waals surface area contributed by atoms with Crippen LogP contribution in [0.1, 0.15) is 31.4 Å². The van der Waals surface area contributed by atoms with E-state index >= 15 is 0 Å². The lowest BCUT2D eigenvalue weighted by Gasteiger charge is -2.36. The highest BCUT2D eigenvalue weighted by Crippen LogP contribution is 2.30. The molecule has 0 amide bonds. The van der Waals surface area contributed by atoms with Gasteiger partial charge in [-0.2, -0.15) is 0 Å². The maximum absolute atomic E-state index is 11.0. The number of benzene rings is 1. The minimum absolute atomic E-state index is 0.0868. The van der Waals surface area contributed by atoms with Crippen LogP contribution in [0, 0.1) is 5.92 Å². The van der Waals surface area contributed by atoms with Crippen molar-refractivity contribution >= 4 is 5.97 Å². The Hall–Kier alpha value is -1.55. The Morgan fingerprint density at radius 3 is 2.83 bits per heavy atom. The van der Waals surface area contributed by atoms with Crippen molar-refractivity contribution in [1.29, 1.82) is 0 Å². The van der Waals surface area contributed by atoms with E-state index in [9.17, 15) is 4.79 Å². The molecule has 0 aliphatic heterocycles. The Morgan fingerprint density at radius 1 is 1.50 bits per heavy atom. The third-order valence-corrected chi connectivity index (χ3v) is 3.65. The molecule has 1 aliphatic carbocycles. The summed E-state index contributed by atoms with van der Waals surface area (Å²) in [4.78, 5) is 11.0. The predicted molar refractivity (Wildman–Crippen MR) is 68.7 cm³/mol. The number of ether oxygens (including phenoxy) is 1. The predicted octanol–water partition coefficient (Wildman–Crippen LogP) is 2.21. The van der Waals surface area contributed by atoms with Gasteiger partial charge in [0.25, 0.3) is 0 Å². The van der Waals surface area contributed by atoms with Gasteiger partial charge in [-0.15, -0.1) is 0 Å². The second-order valence-electron chi connectivity index (χ2n) is 4.79. The minimum Gasteiger partial charge on any atom is -0.497 e. The van der Waals surface area contributed by atoms with Crippen LogP contribution in [0.3, 0.4) is 0 Å². The van der Waals surface area contributed by atoms with E-state index in [2.05, 4.69) is 5.32 Å². The van der Waals surface area contributed by atoms with Crippen LogP contribution in [0.2, 0.25) is 0 Å². The summed E-state index contributed by atoms with van der Waals surface area (Å²) in [6.07, 6.45) is 1.71. The molecule has 0 spiro atoms. The maximum atomic E-state index is 11.0. The van der Waals surface area contributed by atoms with Gasteiger partial charge in [-0.3, -0.25) is 4.79 Å². The van der Waals surface area contributed by atoms with E-state index < -0.39 is 5.97 Å². The number of rotatable bonds is 5. The number of nitrogens with one attached hydrogen (secondary N) is 1. The fourth-order valence-electron chi connectivity index (χ4n) is 2.32. The van der Waals surface area contributed by atoms with Crippen LogP contribution < -0.4 is 10.1 Å². The fraction of sp³-hybridized carbons (Fsp3) is 0.500. The molecule has 3 atom stereocenters. The molecule has 4 heteroatoms. The van der Waals surface area contributed by atoms with Crippen molar-refractivity contribution in [2.24, 2.45) is 5.92 Å². The molecule has 0 saturated heterocycles. The monoisotopic (exact) mass is 249 g/mol. The van der Waals surface area contributed by atoms with Gasteiger partial charge in [-0.25, -0.2) is 0 Å². The van der Waals surface area contributed by atoms with Crippen molar-refractivity contribution in [2.75, 3.05) is 7.11 Å². The quantitative estimate of drug-likeness (QED) is 0.840. The lowest BCUT2D eigenvalue weighted by Crippen LogP contribution is -2.48. The molecular weight excluding hydrogens is 230 g/mol. The summed E-state index contributed by atoms with van der Waals surface area (Å²) in [5.41, 5.74) is 1.12. The Kier molecular flexibility index (Phi) is 3.87. The van der Waals surface area contributed by atoms with Gasteiger partial charge >= 0.3 is 5.97 Å². The molecule has 1 aromatic rings. The van der Waals surface area contributed by atoms with Crippen LogP contribution in [-0.4, -0.2) is 24.2 Å². The first-order valence-corrected chi connectivity index (χ1v) is 6.24. The van der Waals surface area contributed by atoms with E-state index in [4.69, 9.17) is 9.84 Å². The highest BCUT2D eigenvalue weighted by atomic mass is 16.5. The van der Waals surface area contributed by atoms with Crippen molar-refractivity contribution in [3.8, 4) is 5.75 Å². The summed E-state index contributed by atoms with van der Waals surface area (Å²) in [6, 6.07) is 8.07. The molecule has 18 heavy (non-hydrogen) atoms. The summed E-state index contributed by atoms with van der Waals surface area (Å²) in [7, 11) is 1.64. The lowest BCUT2D eigenvalue weighted by atomic mass is 9.79. The van der Waals surface area contributed by atoms with Crippen LogP contribution in [0.15, 0.2) is 24.3 Å². The molecule has 2 unspecified atom stereocenters. The fourth-order valence-corrected chi connectivity index (χ4v) is 2.32. The van der Waals surface area contributed by atoms with E-state index in [1.165, 1.54) is 0 Å². The summed E-state index contributed by atoms with van der Waals surface area (Å²) in [5.74, 6) is -0.112. The molecule has 1 aliphatic rings. The lowest BCUT2D eigenvalue weighted by molar-refractivity contribution is -0.146. The summed E-state index contributed by atoms with van der Waals surface area (Å²) in [5, 5.41) is 12.4. The third kappa shape index (κ3) is 2.64. The van der Waals surface area contributed by atoms with Gasteiger partial charge in [-0.05, 0) is 37.5 Å². The Labute approximate surface area is 107 Å². The third-order valence-electron chi connectivity index (χ3n) is 3.65. The first kappa shape index (κ1) is 12.9. The van der Waals surface area contributed by atoms with E-state index in [-0.39, 0.29) is 18.0 Å². The summed E-state index contributed by atoms with van der Waals surface area (Å²) < 4.78 is 5.19. The van der Waals surface area contributed by atoms with Crippen molar-refractivity contribution in [1.82, 2.24) is 5.32 Å². The Bertz CT molecular complexity index is 433. The van der Waals surface area contributed by atoms with Crippen molar-refractivity contribution in [2.45, 2.75) is 31.8 Å². The summed E-state index contributed by atoms with van der Waals surface area (Å²) >= 11 is 0. The number of hydrogen-bond donors (Lipinski definition) is 2. The molecule has 0 bridgehead atoms. The van der Waals surface area contributed by atoms with Gasteiger partial charge in [0.2, 0.25) is 0 Å². The molecule has 0 aromatic heterocycles. The average molecular weight is 249 g/mol. The smallest absolute Gasteiger partial charge is 0.308 e. The SMILES string of the molecule is COc1cccc([C@@H](C)NC2CCC2C(=O)O)c1. The minimum atomic E-state index is -0.698. The van der Waals surface area contributed by atoms with Crippen molar-refractivity contribution < 1.29 is 14.6 Å². The molecule has 1 aromatic carbocycles. The highest BCUT2D eigenvalue weighted by Gasteiger charge is 2.37. The van der Waals surface area contributed by atoms with Crippen LogP contribution in [0.25, 0.3) is 0 Å². The van der Waals surface area contributed by atoms with E-state index in [0.717, 1.165) is 24.2 Å². The molecule has 98 valence electrons. The van der Waals surface area contributed by atoms with Crippen LogP contribution in [-0.2, 0) is 4.79 Å². The topological polar surface area (TPSA) is 58.6 Å². The number of methoxy groups -OCH3 is 1. The van der Waals surface area contributed by atoms with Gasteiger partial charge < -0.3 is 15.2 Å². The largest absolute Gasteiger partial charge is 0.497 e. The van der Waals surface area contributed by atoms with E-state index in [0.29, 0.717) is 0 Å². The van der Waals surface area contributed by atoms with Gasteiger partial charge in [0.05, 0.1) is 13.0 Å². The maximum Gasteiger partial charge on any atom is 0.308 e. The zero-order chi connectivity index (χ0) is 13.1. The first-order valence-electron chi connectivity index (χ1n) is 6.24. The zero-order valence-corrected chi connectivity index (χ0v) is 10.7. The van der Waals surface area contributed by atoms with Gasteiger partial charge in [0.1, 0.15) is 5.75 Å². The van der Waals surface area contributed by atoms with Crippen LogP contribution >= 0.6 is 0 Å². The second kappa shape index (κ2) is 5.40. The van der Waals surface area contributed by atoms with Gasteiger partial charge in [-0.1, -0.05) is 12.1 Å². The second-order valence-corrected chi connectivity index (χ2v) is 4.79. The van der Waals surface area contributed by atoms with E-state index in [1.54, 1.807) is 7.11 Å². The Morgan fingerprint density at radius 2 is 2.28 bits per heavy atom. The van der Waals surface area contributed by atoms with E-state index in [1.807, 2.05) is 31.2 Å². The summed E-state index contributed by atoms with van der Waals surface area (Å²) in [6.45, 7) is 2.05. The average Bonchev–Trinajstić information content (AvgIpc) is 2.33. The molecule has 2 rings (SSSR count). The number of carbonyl (C=O) groups is 1. The first-order chi connectivity index (χ1) is 8.61. The highest BCUT2D eigenvalue weighted by molar-refractivity contribution is 5.72. The number of carboxylic acid groups (broad SMARTS) is 1. The van der Waals surface area contributed by atoms with Gasteiger partial charge in [0.15, 0.2) is 0 Å². The number of aliphatic carboxylic acids is 1. The normalized spacial score (nSPS) is 24.1. The van der Waals surface area contributed by atoms with Crippen LogP contribution in [0.4, 0.5) is 0 Å². The molecule has 0 heterocycles. The molecule has 1 saturated carbocycles. The van der Waals surface area contributed by atoms with Crippen molar-refractivity contribution in [3.05, 3.63) is 29.8 Å². The van der Waals surface area contributed by atoms with Crippen LogP contribution in [0.5, 0.6) is 5.75 Å². The number of hydrogen-bond acceptors (Lipinski definition) is 3. The van der Waals surface area contributed by atoms with Gasteiger partial charge in [0, 0.05) is 12.1 Å². The zero-order valence-electron chi connectivity index (χ0n) is 10.7. The molecule has 0 radical (unpaired) electrons. The molecule has 4 nitrogen and oxygen atoms in total. The standard InChI is InChI=1S/C14H19NO3/c1-9(10-4-3-5-11(8-10)18-2)15-13-7-6-12(13)14(16)17/h3-5,8-9,12-13,15H,6-7H2,1-2H3,(H,16,17)/t9-,12?,13?/m1/s1. The van der Waals surface area contributed by atoms with Crippen molar-refractivity contribution in [3.63, 3.8) is 0 Å². The number of carboxylic acids is 1.